The van der Waals surface area contributed by atoms with Gasteiger partial charge in [0.2, 0.25) is 0 Å². The average molecular weight is 327 g/mol. The second kappa shape index (κ2) is 7.72. The van der Waals surface area contributed by atoms with Crippen LogP contribution in [0.5, 0.6) is 6.01 Å². The van der Waals surface area contributed by atoms with E-state index in [4.69, 9.17) is 4.74 Å². The molecule has 2 aromatic heterocycles. The number of ether oxygens (including phenoxy) is 1. The number of carbonyl (C=O) groups excluding carboxylic acids is 1. The fraction of sp³-hybridized carbons (Fsp3) is 0.412. The summed E-state index contributed by atoms with van der Waals surface area (Å²) < 4.78 is 5.00. The molecule has 0 radical (unpaired) electrons. The molecule has 24 heavy (non-hydrogen) atoms. The van der Waals surface area contributed by atoms with Crippen molar-refractivity contribution in [3.05, 3.63) is 42.4 Å². The maximum absolute atomic E-state index is 12.8. The molecular weight excluding hydrogens is 306 g/mol. The van der Waals surface area contributed by atoms with Crippen LogP contribution in [0.1, 0.15) is 37.3 Å². The van der Waals surface area contributed by atoms with Crippen molar-refractivity contribution in [2.45, 2.75) is 31.7 Å². The first-order valence-corrected chi connectivity index (χ1v) is 8.12. The van der Waals surface area contributed by atoms with Gasteiger partial charge in [-0.25, -0.2) is 9.78 Å². The van der Waals surface area contributed by atoms with Crippen LogP contribution in [-0.4, -0.2) is 39.5 Å². The van der Waals surface area contributed by atoms with Crippen LogP contribution in [0.25, 0.3) is 0 Å². The number of nitrogens with zero attached hydrogens (tertiary/aromatic N) is 4. The Morgan fingerprint density at radius 1 is 1.21 bits per heavy atom. The highest BCUT2D eigenvalue weighted by Crippen LogP contribution is 2.30. The van der Waals surface area contributed by atoms with Gasteiger partial charge in [-0.2, -0.15) is 4.98 Å². The number of aromatic nitrogens is 3. The number of pyridine rings is 1. The topological polar surface area (TPSA) is 80.2 Å². The molecule has 0 saturated carbocycles. The fourth-order valence-corrected chi connectivity index (χ4v) is 2.97. The molecule has 0 unspecified atom stereocenters. The van der Waals surface area contributed by atoms with Gasteiger partial charge < -0.3 is 9.64 Å². The molecular formula is C17H21N5O2. The fourth-order valence-electron chi connectivity index (χ4n) is 2.97. The Morgan fingerprint density at radius 2 is 2.04 bits per heavy atom. The van der Waals surface area contributed by atoms with Crippen molar-refractivity contribution in [1.29, 1.82) is 0 Å². The monoisotopic (exact) mass is 327 g/mol. The molecule has 2 aromatic rings. The molecule has 7 heteroatoms. The number of hydrogen-bond donors (Lipinski definition) is 1. The molecule has 0 aliphatic carbocycles. The molecule has 1 atom stereocenters. The largest absolute Gasteiger partial charge is 0.467 e. The zero-order valence-corrected chi connectivity index (χ0v) is 13.7. The van der Waals surface area contributed by atoms with Crippen LogP contribution in [-0.2, 0) is 0 Å². The van der Waals surface area contributed by atoms with E-state index in [1.54, 1.807) is 24.7 Å². The van der Waals surface area contributed by atoms with Crippen molar-refractivity contribution < 1.29 is 9.53 Å². The van der Waals surface area contributed by atoms with Crippen LogP contribution < -0.4 is 10.1 Å². The Labute approximate surface area is 141 Å². The normalized spacial score (nSPS) is 17.9. The highest BCUT2D eigenvalue weighted by molar-refractivity contribution is 5.88. The summed E-state index contributed by atoms with van der Waals surface area (Å²) in [4.78, 5) is 26.9. The number of methoxy groups -OCH3 is 1. The number of urea groups is 1. The molecule has 1 aliphatic rings. The quantitative estimate of drug-likeness (QED) is 0.937. The summed E-state index contributed by atoms with van der Waals surface area (Å²) in [5.41, 5.74) is 1.11. The lowest BCUT2D eigenvalue weighted by molar-refractivity contribution is 0.189. The Morgan fingerprint density at radius 3 is 2.83 bits per heavy atom. The van der Waals surface area contributed by atoms with Gasteiger partial charge in [-0.3, -0.25) is 10.3 Å². The number of likely N-dealkylation sites (tertiary alicyclic amines) is 1. The summed E-state index contributed by atoms with van der Waals surface area (Å²) in [7, 11) is 1.50. The number of nitrogens with one attached hydrogen (secondary N) is 1. The van der Waals surface area contributed by atoms with Gasteiger partial charge in [0.05, 0.1) is 13.2 Å². The minimum atomic E-state index is -0.153. The number of anilines is 1. The highest BCUT2D eigenvalue weighted by atomic mass is 16.5. The van der Waals surface area contributed by atoms with E-state index in [0.717, 1.165) is 37.8 Å². The van der Waals surface area contributed by atoms with Gasteiger partial charge in [-0.1, -0.05) is 12.8 Å². The van der Waals surface area contributed by atoms with Crippen molar-refractivity contribution in [2.24, 2.45) is 0 Å². The lowest BCUT2D eigenvalue weighted by Gasteiger charge is -2.30. The van der Waals surface area contributed by atoms with E-state index in [-0.39, 0.29) is 18.1 Å². The molecule has 2 amide bonds. The van der Waals surface area contributed by atoms with Gasteiger partial charge in [0, 0.05) is 25.1 Å². The molecule has 1 aliphatic heterocycles. The minimum absolute atomic E-state index is 0.0548. The number of hydrogen-bond acceptors (Lipinski definition) is 5. The van der Waals surface area contributed by atoms with Crippen LogP contribution in [0.3, 0.4) is 0 Å². The van der Waals surface area contributed by atoms with E-state index in [0.29, 0.717) is 5.82 Å². The molecule has 1 fully saturated rings. The van der Waals surface area contributed by atoms with Crippen molar-refractivity contribution in [3.63, 3.8) is 0 Å². The van der Waals surface area contributed by atoms with Gasteiger partial charge in [0.15, 0.2) is 0 Å². The highest BCUT2D eigenvalue weighted by Gasteiger charge is 2.27. The second-order valence-corrected chi connectivity index (χ2v) is 5.70. The van der Waals surface area contributed by atoms with E-state index in [1.807, 2.05) is 17.0 Å². The standard InChI is InChI=1S/C17H21N5O2/c1-24-16-19-11-8-15(20-16)21-17(23)22-12-4-2-3-5-14(22)13-6-9-18-10-7-13/h6-11,14H,2-5,12H2,1H3,(H,19,20,21,23)/t14-/m1/s1. The summed E-state index contributed by atoms with van der Waals surface area (Å²) in [5.74, 6) is 0.435. The lowest BCUT2D eigenvalue weighted by Crippen LogP contribution is -2.38. The summed E-state index contributed by atoms with van der Waals surface area (Å²) in [5, 5.41) is 2.85. The Hall–Kier alpha value is -2.70. The third-order valence-corrected chi connectivity index (χ3v) is 4.16. The van der Waals surface area contributed by atoms with E-state index in [2.05, 4.69) is 20.3 Å². The molecule has 0 bridgehead atoms. The smallest absolute Gasteiger partial charge is 0.323 e. The van der Waals surface area contributed by atoms with Crippen LogP contribution in [0.4, 0.5) is 10.6 Å². The SMILES string of the molecule is COc1nccc(NC(=O)N2CCCCC[C@@H]2c2ccncc2)n1. The average Bonchev–Trinajstić information content (AvgIpc) is 2.88. The summed E-state index contributed by atoms with van der Waals surface area (Å²) >= 11 is 0. The van der Waals surface area contributed by atoms with Crippen molar-refractivity contribution in [2.75, 3.05) is 19.0 Å². The third-order valence-electron chi connectivity index (χ3n) is 4.16. The molecule has 3 rings (SSSR count). The Balaban J connectivity index is 1.79. The number of rotatable bonds is 3. The van der Waals surface area contributed by atoms with Crippen LogP contribution in [0.2, 0.25) is 0 Å². The van der Waals surface area contributed by atoms with Crippen LogP contribution in [0.15, 0.2) is 36.8 Å². The van der Waals surface area contributed by atoms with Gasteiger partial charge in [-0.05, 0) is 36.6 Å². The molecule has 7 nitrogen and oxygen atoms in total. The van der Waals surface area contributed by atoms with Gasteiger partial charge >= 0.3 is 12.0 Å². The van der Waals surface area contributed by atoms with Gasteiger partial charge in [-0.15, -0.1) is 0 Å². The molecule has 1 N–H and O–H groups in total. The van der Waals surface area contributed by atoms with Crippen molar-refractivity contribution >= 4 is 11.8 Å². The summed E-state index contributed by atoms with van der Waals surface area (Å²) in [6, 6.07) is 5.74. The van der Waals surface area contributed by atoms with E-state index in [9.17, 15) is 4.79 Å². The van der Waals surface area contributed by atoms with E-state index >= 15 is 0 Å². The predicted octanol–water partition coefficient (Wildman–Crippen LogP) is 3.03. The van der Waals surface area contributed by atoms with E-state index in [1.165, 1.54) is 7.11 Å². The number of amides is 2. The first-order chi connectivity index (χ1) is 11.8. The van der Waals surface area contributed by atoms with Gasteiger partial charge in [0.1, 0.15) is 5.82 Å². The summed E-state index contributed by atoms with van der Waals surface area (Å²) in [6.45, 7) is 0.723. The second-order valence-electron chi connectivity index (χ2n) is 5.70. The van der Waals surface area contributed by atoms with Crippen molar-refractivity contribution in [3.8, 4) is 6.01 Å². The molecule has 126 valence electrons. The zero-order chi connectivity index (χ0) is 16.8. The van der Waals surface area contributed by atoms with Crippen LogP contribution >= 0.6 is 0 Å². The molecule has 1 saturated heterocycles. The Kier molecular flexibility index (Phi) is 5.20. The Bertz CT molecular complexity index is 680. The van der Waals surface area contributed by atoms with Crippen LogP contribution in [0, 0.1) is 0 Å². The molecule has 0 aromatic carbocycles. The summed E-state index contributed by atoms with van der Waals surface area (Å²) in [6.07, 6.45) is 9.29. The maximum Gasteiger partial charge on any atom is 0.323 e. The number of carbonyl (C=O) groups is 1. The first kappa shape index (κ1) is 16.2. The zero-order valence-electron chi connectivity index (χ0n) is 13.7. The molecule has 3 heterocycles. The maximum atomic E-state index is 12.8. The minimum Gasteiger partial charge on any atom is -0.467 e. The first-order valence-electron chi connectivity index (χ1n) is 8.12. The molecule has 0 spiro atoms. The van der Waals surface area contributed by atoms with Crippen molar-refractivity contribution in [1.82, 2.24) is 19.9 Å². The van der Waals surface area contributed by atoms with E-state index < -0.39 is 0 Å². The lowest BCUT2D eigenvalue weighted by atomic mass is 10.0. The predicted molar refractivity (Wildman–Crippen MR) is 89.8 cm³/mol. The van der Waals surface area contributed by atoms with Gasteiger partial charge in [0.25, 0.3) is 0 Å². The third kappa shape index (κ3) is 3.79.